The van der Waals surface area contributed by atoms with Gasteiger partial charge in [-0.3, -0.25) is 0 Å². The molecule has 1 aliphatic heterocycles. The maximum atomic E-state index is 12.3. The molecule has 0 bridgehead atoms. The van der Waals surface area contributed by atoms with Gasteiger partial charge < -0.3 is 5.32 Å². The van der Waals surface area contributed by atoms with Crippen molar-refractivity contribution < 1.29 is 8.42 Å². The van der Waals surface area contributed by atoms with Crippen LogP contribution in [-0.4, -0.2) is 44.2 Å². The minimum Gasteiger partial charge on any atom is -0.317 e. The van der Waals surface area contributed by atoms with Crippen molar-refractivity contribution in [2.24, 2.45) is 5.92 Å². The van der Waals surface area contributed by atoms with Crippen LogP contribution in [0, 0.1) is 5.92 Å². The van der Waals surface area contributed by atoms with Crippen molar-refractivity contribution in [3.8, 4) is 0 Å². The largest absolute Gasteiger partial charge is 0.317 e. The molecule has 0 aromatic heterocycles. The normalized spacial score (nSPS) is 26.4. The molecule has 1 heterocycles. The van der Waals surface area contributed by atoms with Gasteiger partial charge in [0.2, 0.25) is 10.0 Å². The summed E-state index contributed by atoms with van der Waals surface area (Å²) in [6.07, 6.45) is 3.94. The van der Waals surface area contributed by atoms with Crippen LogP contribution >= 0.6 is 0 Å². The van der Waals surface area contributed by atoms with E-state index in [-0.39, 0.29) is 11.8 Å². The molecule has 4 nitrogen and oxygen atoms in total. The number of hydrogen-bond acceptors (Lipinski definition) is 3. The predicted molar refractivity (Wildman–Crippen MR) is 76.1 cm³/mol. The van der Waals surface area contributed by atoms with Gasteiger partial charge in [-0.1, -0.05) is 13.8 Å². The summed E-state index contributed by atoms with van der Waals surface area (Å²) in [5.41, 5.74) is 0. The van der Waals surface area contributed by atoms with Crippen LogP contribution in [0.3, 0.4) is 0 Å². The van der Waals surface area contributed by atoms with Gasteiger partial charge in [0.1, 0.15) is 0 Å². The third-order valence-corrected chi connectivity index (χ3v) is 5.89. The first-order valence-electron chi connectivity index (χ1n) is 7.19. The quantitative estimate of drug-likeness (QED) is 0.722. The van der Waals surface area contributed by atoms with Crippen LogP contribution in [0.4, 0.5) is 0 Å². The molecule has 1 fully saturated rings. The van der Waals surface area contributed by atoms with Crippen molar-refractivity contribution in [2.75, 3.05) is 25.4 Å². The number of rotatable bonds is 7. The molecular formula is C13H28N2O2S. The lowest BCUT2D eigenvalue weighted by Gasteiger charge is -2.36. The molecule has 2 atom stereocenters. The summed E-state index contributed by atoms with van der Waals surface area (Å²) in [6.45, 7) is 8.77. The summed E-state index contributed by atoms with van der Waals surface area (Å²) in [4.78, 5) is 0. The molecule has 108 valence electrons. The van der Waals surface area contributed by atoms with E-state index in [0.29, 0.717) is 18.9 Å². The van der Waals surface area contributed by atoms with Crippen molar-refractivity contribution in [1.29, 1.82) is 0 Å². The lowest BCUT2D eigenvalue weighted by molar-refractivity contribution is 0.202. The first kappa shape index (κ1) is 15.9. The second-order valence-corrected chi connectivity index (χ2v) is 7.43. The molecule has 18 heavy (non-hydrogen) atoms. The molecular weight excluding hydrogens is 248 g/mol. The van der Waals surface area contributed by atoms with Gasteiger partial charge in [0.25, 0.3) is 0 Å². The lowest BCUT2D eigenvalue weighted by Crippen LogP contribution is -2.47. The second-order valence-electron chi connectivity index (χ2n) is 5.39. The van der Waals surface area contributed by atoms with Gasteiger partial charge >= 0.3 is 0 Å². The zero-order chi connectivity index (χ0) is 13.6. The summed E-state index contributed by atoms with van der Waals surface area (Å²) in [5.74, 6) is 0.757. The maximum absolute atomic E-state index is 12.3. The fourth-order valence-electron chi connectivity index (χ4n) is 2.49. The maximum Gasteiger partial charge on any atom is 0.214 e. The smallest absolute Gasteiger partial charge is 0.214 e. The Labute approximate surface area is 112 Å². The SMILES string of the molecule is CCCNCCCS(=O)(=O)N1CCCC(C)C1C. The van der Waals surface area contributed by atoms with Crippen LogP contribution < -0.4 is 5.32 Å². The fraction of sp³-hybridized carbons (Fsp3) is 1.00. The Bertz CT molecular complexity index is 330. The molecule has 0 amide bonds. The Morgan fingerprint density at radius 2 is 2.00 bits per heavy atom. The Morgan fingerprint density at radius 1 is 1.28 bits per heavy atom. The Kier molecular flexibility index (Phi) is 6.60. The molecule has 0 aromatic rings. The Morgan fingerprint density at radius 3 is 2.67 bits per heavy atom. The van der Waals surface area contributed by atoms with E-state index >= 15 is 0 Å². The average molecular weight is 276 g/mol. The molecule has 1 rings (SSSR count). The van der Waals surface area contributed by atoms with Crippen LogP contribution in [0.1, 0.15) is 46.5 Å². The lowest BCUT2D eigenvalue weighted by atomic mass is 9.94. The van der Waals surface area contributed by atoms with Crippen LogP contribution in [0.2, 0.25) is 0 Å². The first-order valence-corrected chi connectivity index (χ1v) is 8.80. The third kappa shape index (κ3) is 4.52. The first-order chi connectivity index (χ1) is 8.49. The zero-order valence-corrected chi connectivity index (χ0v) is 12.8. The third-order valence-electron chi connectivity index (χ3n) is 3.86. The standard InChI is InChI=1S/C13H28N2O2S/c1-4-8-14-9-6-11-18(16,17)15-10-5-7-12(2)13(15)3/h12-14H,4-11H2,1-3H3. The molecule has 0 radical (unpaired) electrons. The van der Waals surface area contributed by atoms with Gasteiger partial charge in [-0.05, 0) is 51.6 Å². The molecule has 0 aliphatic carbocycles. The van der Waals surface area contributed by atoms with E-state index in [0.717, 1.165) is 32.4 Å². The van der Waals surface area contributed by atoms with Crippen LogP contribution in [0.5, 0.6) is 0 Å². The van der Waals surface area contributed by atoms with Crippen LogP contribution in [0.25, 0.3) is 0 Å². The van der Waals surface area contributed by atoms with Crippen molar-refractivity contribution in [3.05, 3.63) is 0 Å². The highest BCUT2D eigenvalue weighted by atomic mass is 32.2. The summed E-state index contributed by atoms with van der Waals surface area (Å²) in [5, 5.41) is 3.25. The minimum absolute atomic E-state index is 0.160. The molecule has 5 heteroatoms. The fourth-order valence-corrected chi connectivity index (χ4v) is 4.35. The molecule has 0 saturated carbocycles. The summed E-state index contributed by atoms with van der Waals surface area (Å²) >= 11 is 0. The van der Waals surface area contributed by atoms with E-state index < -0.39 is 10.0 Å². The van der Waals surface area contributed by atoms with Gasteiger partial charge in [-0.15, -0.1) is 0 Å². The number of nitrogens with one attached hydrogen (secondary N) is 1. The Balaban J connectivity index is 2.42. The monoisotopic (exact) mass is 276 g/mol. The van der Waals surface area contributed by atoms with Gasteiger partial charge in [0.05, 0.1) is 5.75 Å². The highest BCUT2D eigenvalue weighted by Crippen LogP contribution is 2.25. The summed E-state index contributed by atoms with van der Waals surface area (Å²) < 4.78 is 26.3. The van der Waals surface area contributed by atoms with E-state index in [4.69, 9.17) is 0 Å². The summed E-state index contributed by atoms with van der Waals surface area (Å²) in [7, 11) is -3.06. The van der Waals surface area contributed by atoms with Gasteiger partial charge in [0.15, 0.2) is 0 Å². The molecule has 1 saturated heterocycles. The minimum atomic E-state index is -3.06. The van der Waals surface area contributed by atoms with Crippen molar-refractivity contribution in [2.45, 2.75) is 52.5 Å². The molecule has 1 N–H and O–H groups in total. The molecule has 0 aromatic carbocycles. The molecule has 0 spiro atoms. The Hall–Kier alpha value is -0.130. The second kappa shape index (κ2) is 7.46. The van der Waals surface area contributed by atoms with E-state index in [1.165, 1.54) is 0 Å². The predicted octanol–water partition coefficient (Wildman–Crippen LogP) is 1.83. The number of piperidine rings is 1. The van der Waals surface area contributed by atoms with Crippen LogP contribution in [-0.2, 0) is 10.0 Å². The number of nitrogens with zero attached hydrogens (tertiary/aromatic N) is 1. The molecule has 2 unspecified atom stereocenters. The van der Waals surface area contributed by atoms with Crippen LogP contribution in [0.15, 0.2) is 0 Å². The van der Waals surface area contributed by atoms with Gasteiger partial charge in [-0.25, -0.2) is 8.42 Å². The summed E-state index contributed by atoms with van der Waals surface area (Å²) in [6, 6.07) is 0.160. The highest BCUT2D eigenvalue weighted by Gasteiger charge is 2.32. The van der Waals surface area contributed by atoms with Crippen molar-refractivity contribution in [3.63, 3.8) is 0 Å². The number of sulfonamides is 1. The number of hydrogen-bond donors (Lipinski definition) is 1. The zero-order valence-electron chi connectivity index (χ0n) is 12.0. The van der Waals surface area contributed by atoms with Crippen molar-refractivity contribution in [1.82, 2.24) is 9.62 Å². The van der Waals surface area contributed by atoms with Gasteiger partial charge in [0, 0.05) is 12.6 Å². The van der Waals surface area contributed by atoms with E-state index in [9.17, 15) is 8.42 Å². The topological polar surface area (TPSA) is 49.4 Å². The van der Waals surface area contributed by atoms with E-state index in [1.807, 2.05) is 6.92 Å². The van der Waals surface area contributed by atoms with Crippen molar-refractivity contribution >= 4 is 10.0 Å². The average Bonchev–Trinajstić information content (AvgIpc) is 2.32. The van der Waals surface area contributed by atoms with E-state index in [2.05, 4.69) is 19.2 Å². The van der Waals surface area contributed by atoms with Gasteiger partial charge in [-0.2, -0.15) is 4.31 Å². The van der Waals surface area contributed by atoms with E-state index in [1.54, 1.807) is 4.31 Å². The molecule has 1 aliphatic rings. The highest BCUT2D eigenvalue weighted by molar-refractivity contribution is 7.89.